The van der Waals surface area contributed by atoms with Crippen LogP contribution >= 0.6 is 11.3 Å². The van der Waals surface area contributed by atoms with Crippen LogP contribution in [0.2, 0.25) is 0 Å². The van der Waals surface area contributed by atoms with Gasteiger partial charge in [-0.25, -0.2) is 14.7 Å². The van der Waals surface area contributed by atoms with Crippen LogP contribution in [0.15, 0.2) is 40.0 Å². The SMILES string of the molecule is CC(C)(C)OC(=O)N[C@H]1CCCCC/C=C\[C@H]2C[C@@]2(C(=O)O)NC(=O)[C@@H]2C[C@@H](n3nc[c-]c(-c4ccsc4)c3=O)CN2C1=O.[Y]. The molecule has 0 spiro atoms. The number of nitrogens with zero attached hydrogens (tertiary/aromatic N) is 3. The summed E-state index contributed by atoms with van der Waals surface area (Å²) in [7, 11) is 0. The smallest absolute Gasteiger partial charge is 0.408 e. The largest absolute Gasteiger partial charge is 0.479 e. The number of carbonyl (C=O) groups is 4. The Morgan fingerprint density at radius 2 is 2.00 bits per heavy atom. The predicted molar refractivity (Wildman–Crippen MR) is 162 cm³/mol. The Morgan fingerprint density at radius 1 is 1.22 bits per heavy atom. The van der Waals surface area contributed by atoms with Gasteiger partial charge >= 0.3 is 12.1 Å². The van der Waals surface area contributed by atoms with Crippen molar-refractivity contribution in [3.63, 3.8) is 0 Å². The van der Waals surface area contributed by atoms with Crippen LogP contribution in [0.3, 0.4) is 0 Å². The van der Waals surface area contributed by atoms with Crippen LogP contribution in [0.1, 0.15) is 71.8 Å². The number of hydrogen-bond acceptors (Lipinski definition) is 8. The second-order valence-corrected chi connectivity index (χ2v) is 13.4. The molecule has 5 atom stereocenters. The fraction of sp³-hybridized carbons (Fsp3) is 0.548. The van der Waals surface area contributed by atoms with Crippen molar-refractivity contribution in [2.24, 2.45) is 5.92 Å². The zero-order valence-electron chi connectivity index (χ0n) is 25.7. The fourth-order valence-electron chi connectivity index (χ4n) is 5.96. The third-order valence-corrected chi connectivity index (χ3v) is 8.98. The number of carboxylic acids is 1. The van der Waals surface area contributed by atoms with E-state index in [4.69, 9.17) is 4.74 Å². The molecule has 2 fully saturated rings. The van der Waals surface area contributed by atoms with Crippen molar-refractivity contribution in [2.45, 2.75) is 95.0 Å². The molecule has 2 aromatic rings. The molecule has 5 rings (SSSR count). The van der Waals surface area contributed by atoms with Gasteiger partial charge in [0, 0.05) is 45.2 Å². The molecule has 45 heavy (non-hydrogen) atoms. The average Bonchev–Trinajstić information content (AvgIpc) is 3.29. The number of ether oxygens (including phenoxy) is 1. The first-order chi connectivity index (χ1) is 20.9. The van der Waals surface area contributed by atoms with Crippen molar-refractivity contribution in [3.05, 3.63) is 51.6 Å². The van der Waals surface area contributed by atoms with Crippen LogP contribution < -0.4 is 16.2 Å². The van der Waals surface area contributed by atoms with E-state index in [1.165, 1.54) is 27.1 Å². The van der Waals surface area contributed by atoms with E-state index in [-0.39, 0.29) is 58.0 Å². The molecule has 1 aliphatic carbocycles. The molecule has 2 aromatic heterocycles. The third kappa shape index (κ3) is 7.92. The summed E-state index contributed by atoms with van der Waals surface area (Å²) in [6, 6.07) is 1.94. The maximum atomic E-state index is 14.2. The van der Waals surface area contributed by atoms with E-state index in [1.807, 2.05) is 22.9 Å². The van der Waals surface area contributed by atoms with Gasteiger partial charge in [-0.3, -0.25) is 14.3 Å². The predicted octanol–water partition coefficient (Wildman–Crippen LogP) is 3.28. The molecule has 0 unspecified atom stereocenters. The number of fused-ring (bicyclic) bond motifs is 2. The summed E-state index contributed by atoms with van der Waals surface area (Å²) in [5.41, 5.74) is -1.65. The second-order valence-electron chi connectivity index (χ2n) is 12.7. The number of carboxylic acid groups (broad SMARTS) is 1. The van der Waals surface area contributed by atoms with Crippen LogP contribution in [0.25, 0.3) is 11.1 Å². The molecular formula is C31H38N5O7SY-. The molecule has 1 saturated heterocycles. The Bertz CT molecular complexity index is 1500. The van der Waals surface area contributed by atoms with Gasteiger partial charge in [0.2, 0.25) is 11.8 Å². The number of thiophene rings is 1. The maximum absolute atomic E-state index is 14.2. The van der Waals surface area contributed by atoms with Crippen molar-refractivity contribution in [1.29, 1.82) is 0 Å². The van der Waals surface area contributed by atoms with Gasteiger partial charge in [0.25, 0.3) is 0 Å². The normalized spacial score (nSPS) is 27.8. The summed E-state index contributed by atoms with van der Waals surface area (Å²) in [4.78, 5) is 68.0. The van der Waals surface area contributed by atoms with Gasteiger partial charge in [-0.2, -0.15) is 11.3 Å². The molecule has 4 heterocycles. The number of carbonyl (C=O) groups excluding carboxylic acids is 3. The van der Waals surface area contributed by atoms with E-state index in [0.29, 0.717) is 24.0 Å². The molecule has 1 radical (unpaired) electrons. The van der Waals surface area contributed by atoms with E-state index >= 15 is 0 Å². The molecule has 14 heteroatoms. The molecule has 0 aromatic carbocycles. The molecule has 3 aliphatic rings. The summed E-state index contributed by atoms with van der Waals surface area (Å²) in [6.07, 6.45) is 8.00. The summed E-state index contributed by atoms with van der Waals surface area (Å²) in [5.74, 6) is -2.63. The Morgan fingerprint density at radius 3 is 2.69 bits per heavy atom. The zero-order valence-corrected chi connectivity index (χ0v) is 29.3. The first-order valence-electron chi connectivity index (χ1n) is 14.9. The van der Waals surface area contributed by atoms with Gasteiger partial charge in [0.05, 0.1) is 6.04 Å². The molecule has 12 nitrogen and oxygen atoms in total. The molecule has 0 bridgehead atoms. The molecule has 3 amide bonds. The number of amides is 3. The molecule has 2 aliphatic heterocycles. The van der Waals surface area contributed by atoms with E-state index in [9.17, 15) is 29.1 Å². The minimum absolute atomic E-state index is 0. The Hall–Kier alpha value is -2.90. The number of aromatic nitrogens is 2. The topological polar surface area (TPSA) is 160 Å². The maximum Gasteiger partial charge on any atom is 0.408 e. The zero-order chi connectivity index (χ0) is 31.6. The van der Waals surface area contributed by atoms with Gasteiger partial charge in [0.15, 0.2) is 5.56 Å². The number of nitrogens with one attached hydrogen (secondary N) is 2. The van der Waals surface area contributed by atoms with E-state index in [1.54, 1.807) is 26.8 Å². The molecule has 239 valence electrons. The molecule has 3 N–H and O–H groups in total. The standard InChI is InChI=1S/C31H38N5O7S.Y/c1-30(2,3)43-29(42)33-23-10-8-6-4-5-7-9-20-16-31(20,28(40)41)34-25(37)24-15-21(17-35(24)27(23)39)36-26(38)22(11-13-32-36)19-12-14-44-18-19;/h7,9,12-14,18,20-21,23-24H,4-6,8,10,15-17H2,1-3H3,(H,33,42)(H,34,37)(H,40,41);/q-1;/b9-7-;/t20-,21+,23-,24-,31+;/m0./s1. The number of hydrogen-bond donors (Lipinski definition) is 3. The summed E-state index contributed by atoms with van der Waals surface area (Å²) >= 11 is 1.44. The summed E-state index contributed by atoms with van der Waals surface area (Å²) < 4.78 is 6.69. The minimum atomic E-state index is -1.46. The molecular weight excluding hydrogens is 675 g/mol. The number of alkyl carbamates (subject to hydrolysis) is 1. The van der Waals surface area contributed by atoms with Crippen LogP contribution in [-0.4, -0.2) is 73.4 Å². The first kappa shape index (κ1) is 35.0. The second kappa shape index (κ2) is 14.3. The first-order valence-corrected chi connectivity index (χ1v) is 15.9. The number of aliphatic carboxylic acids is 1. The van der Waals surface area contributed by atoms with Crippen molar-refractivity contribution >= 4 is 35.2 Å². The van der Waals surface area contributed by atoms with E-state index < -0.39 is 58.7 Å². The number of rotatable bonds is 4. The van der Waals surface area contributed by atoms with Crippen LogP contribution in [0.4, 0.5) is 4.79 Å². The van der Waals surface area contributed by atoms with Gasteiger partial charge in [-0.1, -0.05) is 36.4 Å². The average molecular weight is 714 g/mol. The van der Waals surface area contributed by atoms with Crippen molar-refractivity contribution in [3.8, 4) is 11.1 Å². The van der Waals surface area contributed by atoms with Gasteiger partial charge in [-0.05, 0) is 64.5 Å². The Labute approximate surface area is 290 Å². The molecule has 1 saturated carbocycles. The van der Waals surface area contributed by atoms with Crippen LogP contribution in [-0.2, 0) is 51.8 Å². The fourth-order valence-corrected chi connectivity index (χ4v) is 6.61. The van der Waals surface area contributed by atoms with Crippen molar-refractivity contribution < 1.29 is 61.7 Å². The third-order valence-electron chi connectivity index (χ3n) is 8.30. The van der Waals surface area contributed by atoms with Crippen LogP contribution in [0, 0.1) is 12.0 Å². The number of allylic oxidation sites excluding steroid dienone is 1. The van der Waals surface area contributed by atoms with Crippen molar-refractivity contribution in [2.75, 3.05) is 6.54 Å². The van der Waals surface area contributed by atoms with Gasteiger partial charge < -0.3 is 30.2 Å². The summed E-state index contributed by atoms with van der Waals surface area (Å²) in [6.45, 7) is 5.13. The van der Waals surface area contributed by atoms with Gasteiger partial charge in [-0.15, -0.1) is 17.2 Å². The van der Waals surface area contributed by atoms with Crippen molar-refractivity contribution in [1.82, 2.24) is 25.3 Å². The van der Waals surface area contributed by atoms with E-state index in [0.717, 1.165) is 19.3 Å². The quantitative estimate of drug-likeness (QED) is 0.322. The van der Waals surface area contributed by atoms with Gasteiger partial charge in [0.1, 0.15) is 23.2 Å². The van der Waals surface area contributed by atoms with Crippen LogP contribution in [0.5, 0.6) is 0 Å². The Kier molecular flexibility index (Phi) is 11.1. The minimum Gasteiger partial charge on any atom is -0.479 e. The Balaban J connectivity index is 0.00000461. The monoisotopic (exact) mass is 713 g/mol. The summed E-state index contributed by atoms with van der Waals surface area (Å²) in [5, 5.41) is 23.4. The van der Waals surface area contributed by atoms with E-state index in [2.05, 4.69) is 21.8 Å².